The van der Waals surface area contributed by atoms with Gasteiger partial charge in [-0.25, -0.2) is 0 Å². The summed E-state index contributed by atoms with van der Waals surface area (Å²) in [7, 11) is 2.00. The van der Waals surface area contributed by atoms with Gasteiger partial charge in [-0.05, 0) is 11.6 Å². The fourth-order valence-electron chi connectivity index (χ4n) is 2.21. The molecule has 0 aliphatic rings. The van der Waals surface area contributed by atoms with Crippen molar-refractivity contribution in [3.8, 4) is 0 Å². The molecule has 2 aromatic carbocycles. The molecule has 3 aromatic rings. The van der Waals surface area contributed by atoms with Crippen LogP contribution in [0.4, 0.5) is 0 Å². The minimum absolute atomic E-state index is 0.891. The Morgan fingerprint density at radius 2 is 1.65 bits per heavy atom. The molecular formula is C15H14N2. The van der Waals surface area contributed by atoms with E-state index in [2.05, 4.69) is 53.6 Å². The number of benzene rings is 2. The highest BCUT2D eigenvalue weighted by Gasteiger charge is 2.07. The Kier molecular flexibility index (Phi) is 2.41. The lowest BCUT2D eigenvalue weighted by Gasteiger charge is -1.97. The van der Waals surface area contributed by atoms with Gasteiger partial charge in [0, 0.05) is 18.9 Å². The molecule has 1 heterocycles. The summed E-state index contributed by atoms with van der Waals surface area (Å²) in [6.45, 7) is 0. The third-order valence-electron chi connectivity index (χ3n) is 3.05. The minimum Gasteiger partial charge on any atom is -0.268 e. The smallest absolute Gasteiger partial charge is 0.0746 e. The van der Waals surface area contributed by atoms with Crippen molar-refractivity contribution < 1.29 is 0 Å². The summed E-state index contributed by atoms with van der Waals surface area (Å²) in [6, 6.07) is 18.8. The van der Waals surface area contributed by atoms with E-state index in [9.17, 15) is 0 Å². The van der Waals surface area contributed by atoms with Crippen molar-refractivity contribution in [2.45, 2.75) is 6.42 Å². The van der Waals surface area contributed by atoms with Gasteiger partial charge in [0.05, 0.1) is 11.2 Å². The molecule has 0 saturated carbocycles. The maximum atomic E-state index is 4.60. The van der Waals surface area contributed by atoms with E-state index in [1.54, 1.807) is 0 Å². The molecule has 0 unspecified atom stereocenters. The van der Waals surface area contributed by atoms with E-state index in [1.165, 1.54) is 16.5 Å². The van der Waals surface area contributed by atoms with Crippen molar-refractivity contribution in [3.05, 3.63) is 65.9 Å². The van der Waals surface area contributed by atoms with Crippen molar-refractivity contribution in [3.63, 3.8) is 0 Å². The van der Waals surface area contributed by atoms with Gasteiger partial charge in [-0.3, -0.25) is 4.68 Å². The molecule has 0 spiro atoms. The molecule has 84 valence electrons. The van der Waals surface area contributed by atoms with E-state index in [1.807, 2.05) is 17.8 Å². The van der Waals surface area contributed by atoms with Crippen LogP contribution in [0.3, 0.4) is 0 Å². The van der Waals surface area contributed by atoms with E-state index in [4.69, 9.17) is 0 Å². The fourth-order valence-corrected chi connectivity index (χ4v) is 2.21. The lowest BCUT2D eigenvalue weighted by atomic mass is 10.1. The quantitative estimate of drug-likeness (QED) is 0.651. The Labute approximate surface area is 101 Å². The average molecular weight is 222 g/mol. The topological polar surface area (TPSA) is 17.8 Å². The molecule has 0 N–H and O–H groups in total. The Bertz CT molecular complexity index is 638. The Morgan fingerprint density at radius 1 is 0.941 bits per heavy atom. The second kappa shape index (κ2) is 4.06. The zero-order chi connectivity index (χ0) is 11.7. The van der Waals surface area contributed by atoms with Crippen LogP contribution in [0.15, 0.2) is 54.6 Å². The third kappa shape index (κ3) is 1.82. The van der Waals surface area contributed by atoms with E-state index in [0.717, 1.165) is 12.1 Å². The molecule has 0 amide bonds. The predicted molar refractivity (Wildman–Crippen MR) is 70.0 cm³/mol. The van der Waals surface area contributed by atoms with Gasteiger partial charge in [-0.15, -0.1) is 0 Å². The number of para-hydroxylation sites is 1. The molecule has 0 saturated heterocycles. The summed E-state index contributed by atoms with van der Waals surface area (Å²) in [4.78, 5) is 0. The molecule has 2 nitrogen and oxygen atoms in total. The monoisotopic (exact) mass is 222 g/mol. The van der Waals surface area contributed by atoms with E-state index >= 15 is 0 Å². The molecule has 3 rings (SSSR count). The van der Waals surface area contributed by atoms with Crippen LogP contribution in [0.25, 0.3) is 10.9 Å². The molecule has 0 aliphatic carbocycles. The summed E-state index contributed by atoms with van der Waals surface area (Å²) in [6.07, 6.45) is 0.891. The Morgan fingerprint density at radius 3 is 2.47 bits per heavy atom. The highest BCUT2D eigenvalue weighted by atomic mass is 15.3. The average Bonchev–Trinajstić information content (AvgIpc) is 2.69. The van der Waals surface area contributed by atoms with Crippen LogP contribution >= 0.6 is 0 Å². The molecule has 0 aliphatic heterocycles. The van der Waals surface area contributed by atoms with Gasteiger partial charge in [-0.2, -0.15) is 5.10 Å². The van der Waals surface area contributed by atoms with Gasteiger partial charge in [0.2, 0.25) is 0 Å². The number of aromatic nitrogens is 2. The van der Waals surface area contributed by atoms with Crippen LogP contribution in [0, 0.1) is 0 Å². The maximum Gasteiger partial charge on any atom is 0.0746 e. The standard InChI is InChI=1S/C15H14N2/c1-17-15-10-6-5-9-13(15)14(16-17)11-12-7-3-2-4-8-12/h2-10H,11H2,1H3. The molecule has 0 radical (unpaired) electrons. The molecule has 0 fully saturated rings. The van der Waals surface area contributed by atoms with Crippen LogP contribution in [0.1, 0.15) is 11.3 Å². The Balaban J connectivity index is 2.07. The second-order valence-corrected chi connectivity index (χ2v) is 4.25. The number of fused-ring (bicyclic) bond motifs is 1. The van der Waals surface area contributed by atoms with Crippen LogP contribution in [-0.4, -0.2) is 9.78 Å². The van der Waals surface area contributed by atoms with Crippen LogP contribution in [0.5, 0.6) is 0 Å². The van der Waals surface area contributed by atoms with Crippen molar-refractivity contribution in [2.75, 3.05) is 0 Å². The first-order chi connectivity index (χ1) is 8.34. The van der Waals surface area contributed by atoms with Gasteiger partial charge in [0.1, 0.15) is 0 Å². The molecule has 2 heteroatoms. The summed E-state index contributed by atoms with van der Waals surface area (Å²) >= 11 is 0. The number of hydrogen-bond acceptors (Lipinski definition) is 1. The molecule has 1 aromatic heterocycles. The molecule has 0 atom stereocenters. The van der Waals surface area contributed by atoms with Gasteiger partial charge in [0.15, 0.2) is 0 Å². The van der Waals surface area contributed by atoms with Crippen LogP contribution < -0.4 is 0 Å². The van der Waals surface area contributed by atoms with Crippen LogP contribution in [0.2, 0.25) is 0 Å². The SMILES string of the molecule is Cn1nc(Cc2ccccc2)c2ccccc21. The van der Waals surface area contributed by atoms with Crippen molar-refractivity contribution in [2.24, 2.45) is 7.05 Å². The van der Waals surface area contributed by atoms with Crippen molar-refractivity contribution in [1.82, 2.24) is 9.78 Å². The van der Waals surface area contributed by atoms with Gasteiger partial charge in [-0.1, -0.05) is 48.5 Å². The minimum atomic E-state index is 0.891. The largest absolute Gasteiger partial charge is 0.268 e. The highest BCUT2D eigenvalue weighted by molar-refractivity contribution is 5.82. The van der Waals surface area contributed by atoms with Gasteiger partial charge in [0.25, 0.3) is 0 Å². The summed E-state index contributed by atoms with van der Waals surface area (Å²) in [5.74, 6) is 0. The zero-order valence-corrected chi connectivity index (χ0v) is 9.80. The van der Waals surface area contributed by atoms with E-state index in [0.29, 0.717) is 0 Å². The molecule has 17 heavy (non-hydrogen) atoms. The highest BCUT2D eigenvalue weighted by Crippen LogP contribution is 2.19. The molecule has 0 bridgehead atoms. The predicted octanol–water partition coefficient (Wildman–Crippen LogP) is 3.16. The number of hydrogen-bond donors (Lipinski definition) is 0. The van der Waals surface area contributed by atoms with Crippen molar-refractivity contribution >= 4 is 10.9 Å². The lowest BCUT2D eigenvalue weighted by Crippen LogP contribution is -1.93. The maximum absolute atomic E-state index is 4.60. The van der Waals surface area contributed by atoms with E-state index in [-0.39, 0.29) is 0 Å². The third-order valence-corrected chi connectivity index (χ3v) is 3.05. The first-order valence-corrected chi connectivity index (χ1v) is 5.79. The second-order valence-electron chi connectivity index (χ2n) is 4.25. The number of aryl methyl sites for hydroxylation is 1. The number of rotatable bonds is 2. The van der Waals surface area contributed by atoms with Gasteiger partial charge < -0.3 is 0 Å². The summed E-state index contributed by atoms with van der Waals surface area (Å²) in [5, 5.41) is 5.85. The molecular weight excluding hydrogens is 208 g/mol. The summed E-state index contributed by atoms with van der Waals surface area (Å²) < 4.78 is 1.95. The van der Waals surface area contributed by atoms with Crippen LogP contribution in [-0.2, 0) is 13.5 Å². The normalized spacial score (nSPS) is 10.9. The fraction of sp³-hybridized carbons (Fsp3) is 0.133. The summed E-state index contributed by atoms with van der Waals surface area (Å²) in [5.41, 5.74) is 3.64. The lowest BCUT2D eigenvalue weighted by molar-refractivity contribution is 0.774. The van der Waals surface area contributed by atoms with Gasteiger partial charge >= 0.3 is 0 Å². The Hall–Kier alpha value is -2.09. The number of nitrogens with zero attached hydrogens (tertiary/aromatic N) is 2. The van der Waals surface area contributed by atoms with Crippen molar-refractivity contribution in [1.29, 1.82) is 0 Å². The van der Waals surface area contributed by atoms with E-state index < -0.39 is 0 Å². The first kappa shape index (κ1) is 10.1. The zero-order valence-electron chi connectivity index (χ0n) is 9.80. The first-order valence-electron chi connectivity index (χ1n) is 5.79.